The van der Waals surface area contributed by atoms with E-state index in [1.54, 1.807) is 0 Å². The monoisotopic (exact) mass is 426 g/mol. The largest absolute Gasteiger partial charge is 0.478 e. The lowest BCUT2D eigenvalue weighted by Gasteiger charge is -2.15. The molecule has 0 unspecified atom stereocenters. The van der Waals surface area contributed by atoms with Gasteiger partial charge >= 0.3 is 5.97 Å². The summed E-state index contributed by atoms with van der Waals surface area (Å²) in [6.07, 6.45) is 1.74. The molecule has 0 saturated heterocycles. The first-order valence-corrected chi connectivity index (χ1v) is 9.72. The van der Waals surface area contributed by atoms with Crippen molar-refractivity contribution in [3.05, 3.63) is 48.0 Å². The fraction of sp³-hybridized carbons (Fsp3) is 0.286. The van der Waals surface area contributed by atoms with Crippen LogP contribution in [0.3, 0.4) is 0 Å². The number of hydrogen-bond acceptors (Lipinski definition) is 7. The quantitative estimate of drug-likeness (QED) is 0.266. The van der Waals surface area contributed by atoms with Crippen LogP contribution in [-0.2, 0) is 14.4 Å². The molecule has 1 aromatic heterocycles. The van der Waals surface area contributed by atoms with E-state index in [1.807, 2.05) is 37.3 Å². The van der Waals surface area contributed by atoms with Gasteiger partial charge < -0.3 is 26.4 Å². The van der Waals surface area contributed by atoms with Gasteiger partial charge in [-0.05, 0) is 6.92 Å². The Morgan fingerprint density at radius 3 is 2.03 bits per heavy atom. The van der Waals surface area contributed by atoms with E-state index < -0.39 is 11.9 Å². The van der Waals surface area contributed by atoms with Gasteiger partial charge in [-0.2, -0.15) is 0 Å². The van der Waals surface area contributed by atoms with Gasteiger partial charge in [0.25, 0.3) is 0 Å². The zero-order valence-corrected chi connectivity index (χ0v) is 17.4. The van der Waals surface area contributed by atoms with Crippen LogP contribution in [0.2, 0.25) is 0 Å². The van der Waals surface area contributed by atoms with E-state index >= 15 is 0 Å². The van der Waals surface area contributed by atoms with E-state index in [4.69, 9.17) is 5.11 Å². The number of carboxylic acid groups (broad SMARTS) is 1. The number of carboxylic acids is 1. The summed E-state index contributed by atoms with van der Waals surface area (Å²) in [4.78, 5) is 42.3. The second-order valence-electron chi connectivity index (χ2n) is 6.53. The Balaban J connectivity index is 2.09. The standard InChI is InChI=1S/C21H26N6O4/c1-14-19(24-12-10-22-15(2)28)26-21(16-6-4-3-5-7-16)27-20(14)25-13-11-23-17(29)8-9-18(30)31/h3-9H,10-13H2,1-2H3,(H,22,28)(H,23,29)(H,30,31)(H2,24,25,26,27)/b9-8+. The van der Waals surface area contributed by atoms with E-state index in [-0.39, 0.29) is 12.5 Å². The van der Waals surface area contributed by atoms with Crippen molar-refractivity contribution in [1.29, 1.82) is 0 Å². The number of aliphatic carboxylic acids is 1. The Morgan fingerprint density at radius 1 is 0.903 bits per heavy atom. The molecule has 1 heterocycles. The number of aromatic nitrogens is 2. The first-order valence-electron chi connectivity index (χ1n) is 9.72. The molecule has 0 fully saturated rings. The van der Waals surface area contributed by atoms with Crippen molar-refractivity contribution in [2.24, 2.45) is 0 Å². The highest BCUT2D eigenvalue weighted by Crippen LogP contribution is 2.24. The maximum absolute atomic E-state index is 11.6. The number of anilines is 2. The van der Waals surface area contributed by atoms with Crippen molar-refractivity contribution in [3.63, 3.8) is 0 Å². The van der Waals surface area contributed by atoms with Gasteiger partial charge in [-0.15, -0.1) is 0 Å². The van der Waals surface area contributed by atoms with Crippen molar-refractivity contribution >= 4 is 29.4 Å². The SMILES string of the molecule is CC(=O)NCCNc1nc(-c2ccccc2)nc(NCCNC(=O)/C=C/C(=O)O)c1C. The Labute approximate surface area is 180 Å². The topological polar surface area (TPSA) is 145 Å². The van der Waals surface area contributed by atoms with Crippen LogP contribution in [0.4, 0.5) is 11.6 Å². The minimum Gasteiger partial charge on any atom is -0.478 e. The molecule has 0 radical (unpaired) electrons. The average molecular weight is 426 g/mol. The minimum atomic E-state index is -1.18. The van der Waals surface area contributed by atoms with Crippen LogP contribution in [0.1, 0.15) is 12.5 Å². The van der Waals surface area contributed by atoms with Gasteiger partial charge in [-0.3, -0.25) is 9.59 Å². The van der Waals surface area contributed by atoms with Crippen molar-refractivity contribution in [2.75, 3.05) is 36.8 Å². The Bertz CT molecular complexity index is 946. The number of nitrogens with zero attached hydrogens (tertiary/aromatic N) is 2. The Hall–Kier alpha value is -3.95. The van der Waals surface area contributed by atoms with Crippen LogP contribution in [0.25, 0.3) is 11.4 Å². The summed E-state index contributed by atoms with van der Waals surface area (Å²) in [5.41, 5.74) is 1.64. The molecule has 10 heteroatoms. The first-order chi connectivity index (χ1) is 14.9. The van der Waals surface area contributed by atoms with Crippen LogP contribution in [0.15, 0.2) is 42.5 Å². The third-order valence-electron chi connectivity index (χ3n) is 4.06. The second-order valence-corrected chi connectivity index (χ2v) is 6.53. The molecule has 2 amide bonds. The lowest BCUT2D eigenvalue weighted by molar-refractivity contribution is -0.131. The predicted octanol–water partition coefficient (Wildman–Crippen LogP) is 1.17. The van der Waals surface area contributed by atoms with Crippen LogP contribution in [0, 0.1) is 6.92 Å². The highest BCUT2D eigenvalue weighted by Gasteiger charge is 2.12. The summed E-state index contributed by atoms with van der Waals surface area (Å²) in [6.45, 7) is 4.94. The molecule has 5 N–H and O–H groups in total. The van der Waals surface area contributed by atoms with Gasteiger partial charge in [-0.25, -0.2) is 14.8 Å². The molecule has 0 spiro atoms. The highest BCUT2D eigenvalue weighted by atomic mass is 16.4. The smallest absolute Gasteiger partial charge is 0.328 e. The zero-order valence-electron chi connectivity index (χ0n) is 17.4. The van der Waals surface area contributed by atoms with Crippen LogP contribution in [0.5, 0.6) is 0 Å². The summed E-state index contributed by atoms with van der Waals surface area (Å²) >= 11 is 0. The zero-order chi connectivity index (χ0) is 22.6. The minimum absolute atomic E-state index is 0.103. The molecule has 1 aromatic carbocycles. The summed E-state index contributed by atoms with van der Waals surface area (Å²) in [5.74, 6) is -0.00921. The van der Waals surface area contributed by atoms with E-state index in [1.165, 1.54) is 6.92 Å². The maximum Gasteiger partial charge on any atom is 0.328 e. The summed E-state index contributed by atoms with van der Waals surface area (Å²) in [7, 11) is 0. The van der Waals surface area contributed by atoms with E-state index in [9.17, 15) is 14.4 Å². The lowest BCUT2D eigenvalue weighted by atomic mass is 10.2. The third kappa shape index (κ3) is 8.13. The van der Waals surface area contributed by atoms with Crippen LogP contribution in [-0.4, -0.2) is 59.0 Å². The van der Waals surface area contributed by atoms with E-state index in [2.05, 4.69) is 31.2 Å². The van der Waals surface area contributed by atoms with Crippen LogP contribution >= 0.6 is 0 Å². The lowest BCUT2D eigenvalue weighted by Crippen LogP contribution is -2.28. The van der Waals surface area contributed by atoms with Crippen molar-refractivity contribution < 1.29 is 19.5 Å². The van der Waals surface area contributed by atoms with E-state index in [0.717, 1.165) is 23.3 Å². The summed E-state index contributed by atoms with van der Waals surface area (Å²) in [5, 5.41) is 20.2. The van der Waals surface area contributed by atoms with Gasteiger partial charge in [0.2, 0.25) is 11.8 Å². The predicted molar refractivity (Wildman–Crippen MR) is 118 cm³/mol. The fourth-order valence-corrected chi connectivity index (χ4v) is 2.57. The Kier molecular flexibility index (Phi) is 8.96. The number of nitrogens with one attached hydrogen (secondary N) is 4. The third-order valence-corrected chi connectivity index (χ3v) is 4.06. The molecule has 2 rings (SSSR count). The van der Waals surface area contributed by atoms with Crippen LogP contribution < -0.4 is 21.3 Å². The fourth-order valence-electron chi connectivity index (χ4n) is 2.57. The highest BCUT2D eigenvalue weighted by molar-refractivity contribution is 5.93. The molecular weight excluding hydrogens is 400 g/mol. The molecule has 0 aliphatic heterocycles. The number of carbonyl (C=O) groups excluding carboxylic acids is 2. The van der Waals surface area contributed by atoms with Gasteiger partial charge in [-0.1, -0.05) is 30.3 Å². The normalized spacial score (nSPS) is 10.5. The second kappa shape index (κ2) is 11.9. The number of hydrogen-bond donors (Lipinski definition) is 5. The van der Waals surface area contributed by atoms with Gasteiger partial charge in [0.15, 0.2) is 5.82 Å². The van der Waals surface area contributed by atoms with Gasteiger partial charge in [0, 0.05) is 56.4 Å². The first kappa shape index (κ1) is 23.3. The van der Waals surface area contributed by atoms with Gasteiger partial charge in [0.05, 0.1) is 0 Å². The average Bonchev–Trinajstić information content (AvgIpc) is 2.75. The number of benzene rings is 1. The molecular formula is C21H26N6O4. The van der Waals surface area contributed by atoms with Crippen molar-refractivity contribution in [2.45, 2.75) is 13.8 Å². The van der Waals surface area contributed by atoms with Crippen molar-refractivity contribution in [1.82, 2.24) is 20.6 Å². The molecule has 2 aromatic rings. The number of rotatable bonds is 11. The molecule has 0 aliphatic rings. The maximum atomic E-state index is 11.6. The molecule has 164 valence electrons. The molecule has 0 aliphatic carbocycles. The van der Waals surface area contributed by atoms with E-state index in [0.29, 0.717) is 37.1 Å². The Morgan fingerprint density at radius 2 is 1.48 bits per heavy atom. The van der Waals surface area contributed by atoms with Gasteiger partial charge in [0.1, 0.15) is 11.6 Å². The number of amides is 2. The number of carbonyl (C=O) groups is 3. The molecule has 0 saturated carbocycles. The molecule has 10 nitrogen and oxygen atoms in total. The summed E-state index contributed by atoms with van der Waals surface area (Å²) in [6, 6.07) is 9.52. The molecule has 31 heavy (non-hydrogen) atoms. The summed E-state index contributed by atoms with van der Waals surface area (Å²) < 4.78 is 0. The molecule has 0 bridgehead atoms. The molecule has 0 atom stereocenters. The van der Waals surface area contributed by atoms with Crippen molar-refractivity contribution in [3.8, 4) is 11.4 Å².